The summed E-state index contributed by atoms with van der Waals surface area (Å²) in [5.41, 5.74) is 7.75. The van der Waals surface area contributed by atoms with Crippen LogP contribution in [0.4, 0.5) is 0 Å². The first-order valence-corrected chi connectivity index (χ1v) is 4.91. The molecule has 1 heterocycles. The maximum atomic E-state index is 11.0. The van der Waals surface area contributed by atoms with Crippen molar-refractivity contribution in [2.75, 3.05) is 0 Å². The van der Waals surface area contributed by atoms with Crippen molar-refractivity contribution in [3.63, 3.8) is 0 Å². The molecule has 76 valence electrons. The van der Waals surface area contributed by atoms with Crippen molar-refractivity contribution in [2.24, 2.45) is 5.73 Å². The van der Waals surface area contributed by atoms with Gasteiger partial charge in [0.05, 0.1) is 0 Å². The van der Waals surface area contributed by atoms with E-state index in [9.17, 15) is 4.79 Å². The lowest BCUT2D eigenvalue weighted by atomic mass is 10.0. The smallest absolute Gasteiger partial charge is 0.249 e. The molecule has 0 bridgehead atoms. The third-order valence-electron chi connectivity index (χ3n) is 2.34. The van der Waals surface area contributed by atoms with Crippen LogP contribution in [0.1, 0.15) is 41.4 Å². The number of hydrogen-bond donors (Lipinski definition) is 1. The van der Waals surface area contributed by atoms with Crippen LogP contribution in [-0.2, 0) is 6.42 Å². The number of carbonyl (C=O) groups excluding carboxylic acids is 1. The first kappa shape index (κ1) is 10.7. The summed E-state index contributed by atoms with van der Waals surface area (Å²) in [6, 6.07) is 1.67. The number of nitrogens with zero attached hydrogens (tertiary/aromatic N) is 1. The highest BCUT2D eigenvalue weighted by atomic mass is 16.1. The standard InChI is InChI=1S/C11H16N2O/c1-3-4-5-10-8(2)9(11(12)14)6-7-13-10/h6-7H,3-5H2,1-2H3,(H2,12,14). The Hall–Kier alpha value is -1.38. The summed E-state index contributed by atoms with van der Waals surface area (Å²) in [6.07, 6.45) is 4.79. The summed E-state index contributed by atoms with van der Waals surface area (Å²) in [6.45, 7) is 4.03. The Balaban J connectivity index is 2.95. The van der Waals surface area contributed by atoms with E-state index in [1.54, 1.807) is 12.3 Å². The van der Waals surface area contributed by atoms with Gasteiger partial charge in [0.2, 0.25) is 5.91 Å². The van der Waals surface area contributed by atoms with E-state index < -0.39 is 0 Å². The molecule has 0 fully saturated rings. The van der Waals surface area contributed by atoms with E-state index in [-0.39, 0.29) is 5.91 Å². The minimum atomic E-state index is -0.373. The van der Waals surface area contributed by atoms with Gasteiger partial charge in [0.1, 0.15) is 0 Å². The van der Waals surface area contributed by atoms with Crippen molar-refractivity contribution >= 4 is 5.91 Å². The van der Waals surface area contributed by atoms with Crippen molar-refractivity contribution in [3.05, 3.63) is 29.1 Å². The Morgan fingerprint density at radius 3 is 2.86 bits per heavy atom. The number of primary amides is 1. The van der Waals surface area contributed by atoms with Gasteiger partial charge >= 0.3 is 0 Å². The molecule has 3 heteroatoms. The van der Waals surface area contributed by atoms with Gasteiger partial charge in [-0.1, -0.05) is 13.3 Å². The van der Waals surface area contributed by atoms with Gasteiger partial charge in [0, 0.05) is 17.5 Å². The SMILES string of the molecule is CCCCc1nccc(C(N)=O)c1C. The molecule has 0 spiro atoms. The summed E-state index contributed by atoms with van der Waals surface area (Å²) >= 11 is 0. The number of nitrogens with two attached hydrogens (primary N) is 1. The fourth-order valence-corrected chi connectivity index (χ4v) is 1.44. The Labute approximate surface area is 84.3 Å². The second-order valence-electron chi connectivity index (χ2n) is 3.40. The summed E-state index contributed by atoms with van der Waals surface area (Å²) in [5.74, 6) is -0.373. The van der Waals surface area contributed by atoms with Crippen LogP contribution in [0.15, 0.2) is 12.3 Å². The average molecular weight is 192 g/mol. The zero-order valence-corrected chi connectivity index (χ0v) is 8.71. The number of aryl methyl sites for hydroxylation is 1. The molecule has 1 amide bonds. The van der Waals surface area contributed by atoms with Gasteiger partial charge < -0.3 is 5.73 Å². The molecule has 0 atom stereocenters. The minimum Gasteiger partial charge on any atom is -0.366 e. The van der Waals surface area contributed by atoms with Gasteiger partial charge in [-0.3, -0.25) is 9.78 Å². The highest BCUT2D eigenvalue weighted by molar-refractivity contribution is 5.94. The topological polar surface area (TPSA) is 56.0 Å². The molecule has 0 aliphatic rings. The van der Waals surface area contributed by atoms with E-state index in [0.717, 1.165) is 30.5 Å². The molecule has 14 heavy (non-hydrogen) atoms. The molecular weight excluding hydrogens is 176 g/mol. The van der Waals surface area contributed by atoms with Gasteiger partial charge in [-0.25, -0.2) is 0 Å². The first-order valence-electron chi connectivity index (χ1n) is 4.91. The number of amides is 1. The molecule has 1 aromatic rings. The molecule has 0 unspecified atom stereocenters. The van der Waals surface area contributed by atoms with E-state index in [0.29, 0.717) is 5.56 Å². The third kappa shape index (κ3) is 2.31. The number of hydrogen-bond acceptors (Lipinski definition) is 2. The van der Waals surface area contributed by atoms with Gasteiger partial charge in [0.15, 0.2) is 0 Å². The van der Waals surface area contributed by atoms with E-state index in [4.69, 9.17) is 5.73 Å². The molecule has 0 aromatic carbocycles. The largest absolute Gasteiger partial charge is 0.366 e. The number of pyridine rings is 1. The molecular formula is C11H16N2O. The molecule has 1 rings (SSSR count). The number of unbranched alkanes of at least 4 members (excludes halogenated alkanes) is 1. The zero-order chi connectivity index (χ0) is 10.6. The Morgan fingerprint density at radius 1 is 1.57 bits per heavy atom. The fraction of sp³-hybridized carbons (Fsp3) is 0.455. The van der Waals surface area contributed by atoms with Gasteiger partial charge in [-0.2, -0.15) is 0 Å². The van der Waals surface area contributed by atoms with Crippen LogP contribution in [0.5, 0.6) is 0 Å². The van der Waals surface area contributed by atoms with Crippen LogP contribution in [0, 0.1) is 6.92 Å². The molecule has 0 aliphatic heterocycles. The van der Waals surface area contributed by atoms with Crippen molar-refractivity contribution in [1.29, 1.82) is 0 Å². The maximum absolute atomic E-state index is 11.0. The van der Waals surface area contributed by atoms with Crippen LogP contribution >= 0.6 is 0 Å². The van der Waals surface area contributed by atoms with Gasteiger partial charge in [-0.15, -0.1) is 0 Å². The molecule has 0 aliphatic carbocycles. The Kier molecular flexibility index (Phi) is 3.63. The summed E-state index contributed by atoms with van der Waals surface area (Å²) in [4.78, 5) is 15.3. The monoisotopic (exact) mass is 192 g/mol. The van der Waals surface area contributed by atoms with Crippen molar-refractivity contribution in [3.8, 4) is 0 Å². The number of carbonyl (C=O) groups is 1. The fourth-order valence-electron chi connectivity index (χ4n) is 1.44. The molecule has 0 saturated heterocycles. The lowest BCUT2D eigenvalue weighted by Gasteiger charge is -2.06. The van der Waals surface area contributed by atoms with E-state index >= 15 is 0 Å². The lowest BCUT2D eigenvalue weighted by molar-refractivity contribution is 0.0999. The molecule has 2 N–H and O–H groups in total. The Morgan fingerprint density at radius 2 is 2.29 bits per heavy atom. The maximum Gasteiger partial charge on any atom is 0.249 e. The van der Waals surface area contributed by atoms with Crippen LogP contribution in [0.3, 0.4) is 0 Å². The van der Waals surface area contributed by atoms with Crippen LogP contribution in [-0.4, -0.2) is 10.9 Å². The van der Waals surface area contributed by atoms with Gasteiger partial charge in [0.25, 0.3) is 0 Å². The van der Waals surface area contributed by atoms with Gasteiger partial charge in [-0.05, 0) is 31.4 Å². The predicted molar refractivity (Wildman–Crippen MR) is 56.1 cm³/mol. The quantitative estimate of drug-likeness (QED) is 0.791. The summed E-state index contributed by atoms with van der Waals surface area (Å²) in [5, 5.41) is 0. The molecule has 3 nitrogen and oxygen atoms in total. The highest BCUT2D eigenvalue weighted by Crippen LogP contribution is 2.12. The summed E-state index contributed by atoms with van der Waals surface area (Å²) in [7, 11) is 0. The highest BCUT2D eigenvalue weighted by Gasteiger charge is 2.08. The van der Waals surface area contributed by atoms with E-state index in [1.165, 1.54) is 0 Å². The van der Waals surface area contributed by atoms with Crippen LogP contribution < -0.4 is 5.73 Å². The van der Waals surface area contributed by atoms with Crippen LogP contribution in [0.25, 0.3) is 0 Å². The predicted octanol–water partition coefficient (Wildman–Crippen LogP) is 1.83. The number of aromatic nitrogens is 1. The third-order valence-corrected chi connectivity index (χ3v) is 2.34. The summed E-state index contributed by atoms with van der Waals surface area (Å²) < 4.78 is 0. The second-order valence-corrected chi connectivity index (χ2v) is 3.40. The zero-order valence-electron chi connectivity index (χ0n) is 8.71. The molecule has 1 aromatic heterocycles. The van der Waals surface area contributed by atoms with E-state index in [1.807, 2.05) is 6.92 Å². The normalized spacial score (nSPS) is 10.1. The molecule has 0 radical (unpaired) electrons. The molecule has 0 saturated carbocycles. The van der Waals surface area contributed by atoms with Crippen LogP contribution in [0.2, 0.25) is 0 Å². The van der Waals surface area contributed by atoms with E-state index in [2.05, 4.69) is 11.9 Å². The second kappa shape index (κ2) is 4.74. The minimum absolute atomic E-state index is 0.373. The van der Waals surface area contributed by atoms with Crippen molar-refractivity contribution < 1.29 is 4.79 Å². The van der Waals surface area contributed by atoms with Crippen molar-refractivity contribution in [2.45, 2.75) is 33.1 Å². The first-order chi connectivity index (χ1) is 6.66. The Bertz CT molecular complexity index is 334. The van der Waals surface area contributed by atoms with Crippen molar-refractivity contribution in [1.82, 2.24) is 4.98 Å². The average Bonchev–Trinajstić information content (AvgIpc) is 2.16. The number of rotatable bonds is 4. The lowest BCUT2D eigenvalue weighted by Crippen LogP contribution is -2.14.